The monoisotopic (exact) mass is 423 g/mol. The van der Waals surface area contributed by atoms with Gasteiger partial charge in [0.1, 0.15) is 0 Å². The third-order valence-corrected chi connectivity index (χ3v) is 7.22. The van der Waals surface area contributed by atoms with Crippen molar-refractivity contribution in [2.45, 2.75) is 44.0 Å². The van der Waals surface area contributed by atoms with Crippen molar-refractivity contribution in [3.8, 4) is 0 Å². The SMILES string of the molecule is CCOCCC(=O)N1CCc2cc(S(=O)(=O)NC[C@H]3CCCN(C)C3)ccc2C1. The van der Waals surface area contributed by atoms with E-state index in [2.05, 4.69) is 16.7 Å². The second-order valence-corrected chi connectivity index (χ2v) is 9.83. The summed E-state index contributed by atoms with van der Waals surface area (Å²) in [6.07, 6.45) is 3.23. The van der Waals surface area contributed by atoms with Crippen molar-refractivity contribution in [3.05, 3.63) is 29.3 Å². The van der Waals surface area contributed by atoms with Crippen LogP contribution in [0.3, 0.4) is 0 Å². The van der Waals surface area contributed by atoms with Gasteiger partial charge in [-0.05, 0) is 69.0 Å². The highest BCUT2D eigenvalue weighted by Crippen LogP contribution is 2.23. The Hall–Kier alpha value is -1.48. The molecule has 0 aromatic heterocycles. The van der Waals surface area contributed by atoms with Crippen LogP contribution in [0.2, 0.25) is 0 Å². The third-order valence-electron chi connectivity index (χ3n) is 5.80. The van der Waals surface area contributed by atoms with Crippen LogP contribution in [0.15, 0.2) is 23.1 Å². The molecular formula is C21H33N3O4S. The van der Waals surface area contributed by atoms with Gasteiger partial charge >= 0.3 is 0 Å². The third kappa shape index (κ3) is 6.01. The van der Waals surface area contributed by atoms with Crippen LogP contribution in [0.1, 0.15) is 37.3 Å². The molecule has 8 heteroatoms. The van der Waals surface area contributed by atoms with Crippen LogP contribution in [0.5, 0.6) is 0 Å². The quantitative estimate of drug-likeness (QED) is 0.643. The zero-order valence-electron chi connectivity index (χ0n) is 17.5. The smallest absolute Gasteiger partial charge is 0.240 e. The molecule has 1 fully saturated rings. The fraction of sp³-hybridized carbons (Fsp3) is 0.667. The Morgan fingerprint density at radius 2 is 2.10 bits per heavy atom. The van der Waals surface area contributed by atoms with Gasteiger partial charge in [0.25, 0.3) is 0 Å². The zero-order chi connectivity index (χ0) is 20.9. The van der Waals surface area contributed by atoms with Gasteiger partial charge in [-0.25, -0.2) is 13.1 Å². The predicted octanol–water partition coefficient (Wildman–Crippen LogP) is 1.62. The van der Waals surface area contributed by atoms with Crippen molar-refractivity contribution in [3.63, 3.8) is 0 Å². The summed E-state index contributed by atoms with van der Waals surface area (Å²) in [5.41, 5.74) is 2.04. The molecule has 1 aromatic rings. The lowest BCUT2D eigenvalue weighted by molar-refractivity contribution is -0.133. The Morgan fingerprint density at radius 3 is 2.86 bits per heavy atom. The van der Waals surface area contributed by atoms with Gasteiger partial charge in [0.05, 0.1) is 17.9 Å². The van der Waals surface area contributed by atoms with E-state index >= 15 is 0 Å². The lowest BCUT2D eigenvalue weighted by Gasteiger charge is -2.30. The maximum Gasteiger partial charge on any atom is 0.240 e. The molecule has 3 rings (SSSR count). The van der Waals surface area contributed by atoms with E-state index in [-0.39, 0.29) is 5.91 Å². The summed E-state index contributed by atoms with van der Waals surface area (Å²) >= 11 is 0. The summed E-state index contributed by atoms with van der Waals surface area (Å²) in [6, 6.07) is 5.27. The van der Waals surface area contributed by atoms with Crippen LogP contribution < -0.4 is 4.72 Å². The first-order chi connectivity index (χ1) is 13.9. The molecule has 0 saturated carbocycles. The molecule has 0 unspecified atom stereocenters. The standard InChI is InChI=1S/C21H33N3O4S/c1-3-28-12-9-21(25)24-11-8-18-13-20(7-6-19(18)16-24)29(26,27)22-14-17-5-4-10-23(2)15-17/h6-7,13,17,22H,3-5,8-12,14-16H2,1-2H3/t17-/m1/s1. The molecule has 0 spiro atoms. The topological polar surface area (TPSA) is 78.9 Å². The van der Waals surface area contributed by atoms with Gasteiger partial charge in [0.2, 0.25) is 15.9 Å². The number of amides is 1. The molecule has 1 amide bonds. The van der Waals surface area contributed by atoms with Crippen molar-refractivity contribution in [2.24, 2.45) is 5.92 Å². The highest BCUT2D eigenvalue weighted by atomic mass is 32.2. The van der Waals surface area contributed by atoms with E-state index in [0.717, 1.165) is 37.1 Å². The van der Waals surface area contributed by atoms with Crippen LogP contribution in [0.4, 0.5) is 0 Å². The van der Waals surface area contributed by atoms with Crippen LogP contribution >= 0.6 is 0 Å². The van der Waals surface area contributed by atoms with E-state index in [0.29, 0.717) is 56.5 Å². The minimum absolute atomic E-state index is 0.0833. The fourth-order valence-electron chi connectivity index (χ4n) is 4.12. The molecule has 2 heterocycles. The Kier molecular flexibility index (Phi) is 7.67. The Morgan fingerprint density at radius 1 is 1.28 bits per heavy atom. The number of carbonyl (C=O) groups is 1. The summed E-state index contributed by atoms with van der Waals surface area (Å²) in [5.74, 6) is 0.442. The van der Waals surface area contributed by atoms with Crippen molar-refractivity contribution < 1.29 is 17.9 Å². The number of rotatable bonds is 8. The van der Waals surface area contributed by atoms with Gasteiger partial charge < -0.3 is 14.5 Å². The minimum atomic E-state index is -3.52. The molecule has 0 aliphatic carbocycles. The van der Waals surface area contributed by atoms with Gasteiger partial charge in [-0.15, -0.1) is 0 Å². The number of ether oxygens (including phenoxy) is 1. The molecule has 7 nitrogen and oxygen atoms in total. The number of hydrogen-bond acceptors (Lipinski definition) is 5. The number of nitrogens with zero attached hydrogens (tertiary/aromatic N) is 2. The van der Waals surface area contributed by atoms with Gasteiger partial charge in [0, 0.05) is 32.8 Å². The summed E-state index contributed by atoms with van der Waals surface area (Å²) in [5, 5.41) is 0. The van der Waals surface area contributed by atoms with Crippen LogP contribution in [-0.2, 0) is 32.5 Å². The average Bonchev–Trinajstić information content (AvgIpc) is 2.71. The first kappa shape index (κ1) is 22.2. The molecule has 1 saturated heterocycles. The number of sulfonamides is 1. The van der Waals surface area contributed by atoms with E-state index in [4.69, 9.17) is 4.74 Å². The molecule has 29 heavy (non-hydrogen) atoms. The normalized spacial score (nSPS) is 20.5. The van der Waals surface area contributed by atoms with Gasteiger partial charge in [0.15, 0.2) is 0 Å². The van der Waals surface area contributed by atoms with Crippen molar-refractivity contribution in [1.82, 2.24) is 14.5 Å². The first-order valence-electron chi connectivity index (χ1n) is 10.5. The number of benzene rings is 1. The molecular weight excluding hydrogens is 390 g/mol. The van der Waals surface area contributed by atoms with Crippen molar-refractivity contribution in [2.75, 3.05) is 46.4 Å². The van der Waals surface area contributed by atoms with E-state index in [1.54, 1.807) is 12.1 Å². The molecule has 0 radical (unpaired) electrons. The summed E-state index contributed by atoms with van der Waals surface area (Å²) in [6.45, 7) is 6.60. The number of likely N-dealkylation sites (tertiary alicyclic amines) is 1. The lowest BCUT2D eigenvalue weighted by atomic mass is 9.99. The van der Waals surface area contributed by atoms with Crippen LogP contribution in [0.25, 0.3) is 0 Å². The summed E-state index contributed by atoms with van der Waals surface area (Å²) in [4.78, 5) is 16.7. The molecule has 162 valence electrons. The molecule has 1 atom stereocenters. The second-order valence-electron chi connectivity index (χ2n) is 8.07. The number of fused-ring (bicyclic) bond motifs is 1. The highest BCUT2D eigenvalue weighted by molar-refractivity contribution is 7.89. The summed E-state index contributed by atoms with van der Waals surface area (Å²) in [7, 11) is -1.44. The lowest BCUT2D eigenvalue weighted by Crippen LogP contribution is -2.39. The predicted molar refractivity (Wildman–Crippen MR) is 112 cm³/mol. The Labute approximate surface area is 174 Å². The van der Waals surface area contributed by atoms with Gasteiger partial charge in [-0.2, -0.15) is 0 Å². The fourth-order valence-corrected chi connectivity index (χ4v) is 5.29. The van der Waals surface area contributed by atoms with E-state index in [9.17, 15) is 13.2 Å². The highest BCUT2D eigenvalue weighted by Gasteiger charge is 2.24. The first-order valence-corrected chi connectivity index (χ1v) is 12.0. The average molecular weight is 424 g/mol. The molecule has 2 aliphatic heterocycles. The van der Waals surface area contributed by atoms with Gasteiger partial charge in [-0.3, -0.25) is 4.79 Å². The Bertz CT molecular complexity index is 812. The molecule has 2 aliphatic rings. The minimum Gasteiger partial charge on any atom is -0.381 e. The van der Waals surface area contributed by atoms with Crippen molar-refractivity contribution in [1.29, 1.82) is 0 Å². The maximum absolute atomic E-state index is 12.8. The summed E-state index contributed by atoms with van der Waals surface area (Å²) < 4.78 is 33.6. The Balaban J connectivity index is 1.59. The van der Waals surface area contributed by atoms with E-state index in [1.165, 1.54) is 0 Å². The van der Waals surface area contributed by atoms with Crippen LogP contribution in [0, 0.1) is 5.92 Å². The van der Waals surface area contributed by atoms with Crippen molar-refractivity contribution >= 4 is 15.9 Å². The number of carbonyl (C=O) groups excluding carboxylic acids is 1. The van der Waals surface area contributed by atoms with E-state index in [1.807, 2.05) is 17.9 Å². The molecule has 1 N–H and O–H groups in total. The largest absolute Gasteiger partial charge is 0.381 e. The maximum atomic E-state index is 12.8. The number of nitrogens with one attached hydrogen (secondary N) is 1. The number of piperidine rings is 1. The molecule has 1 aromatic carbocycles. The van der Waals surface area contributed by atoms with E-state index < -0.39 is 10.0 Å². The number of hydrogen-bond donors (Lipinski definition) is 1. The molecule has 0 bridgehead atoms. The van der Waals surface area contributed by atoms with Gasteiger partial charge in [-0.1, -0.05) is 6.07 Å². The van der Waals surface area contributed by atoms with Crippen LogP contribution in [-0.4, -0.2) is 70.6 Å². The second kappa shape index (κ2) is 10.0. The zero-order valence-corrected chi connectivity index (χ0v) is 18.3.